The molecule has 106 valence electrons. The molecule has 1 saturated carbocycles. The number of hydrogen-bond acceptors (Lipinski definition) is 3. The molecule has 1 aromatic rings. The molecule has 3 atom stereocenters. The fourth-order valence-electron chi connectivity index (χ4n) is 3.90. The molecule has 0 saturated heterocycles. The van der Waals surface area contributed by atoms with Crippen molar-refractivity contribution in [2.45, 2.75) is 71.4 Å². The van der Waals surface area contributed by atoms with Gasteiger partial charge in [0.2, 0.25) is 0 Å². The molecule has 19 heavy (non-hydrogen) atoms. The second-order valence-corrected chi connectivity index (χ2v) is 6.99. The quantitative estimate of drug-likeness (QED) is 0.846. The van der Waals surface area contributed by atoms with Gasteiger partial charge in [0.05, 0.1) is 0 Å². The molecule has 3 unspecified atom stereocenters. The van der Waals surface area contributed by atoms with Crippen molar-refractivity contribution in [1.29, 1.82) is 0 Å². The van der Waals surface area contributed by atoms with Crippen molar-refractivity contribution in [3.05, 3.63) is 11.6 Å². The van der Waals surface area contributed by atoms with E-state index >= 15 is 0 Å². The zero-order valence-electron chi connectivity index (χ0n) is 12.4. The van der Waals surface area contributed by atoms with Crippen LogP contribution in [0.4, 0.5) is 0 Å². The maximum Gasteiger partial charge on any atom is 0.136 e. The van der Waals surface area contributed by atoms with Gasteiger partial charge in [-0.15, -0.1) is 10.2 Å². The summed E-state index contributed by atoms with van der Waals surface area (Å²) in [6.45, 7) is 8.10. The molecule has 1 aromatic heterocycles. The zero-order valence-corrected chi connectivity index (χ0v) is 12.4. The molecule has 2 N–H and O–H groups in total. The second kappa shape index (κ2) is 4.58. The average molecular weight is 262 g/mol. The largest absolute Gasteiger partial charge is 0.327 e. The zero-order chi connectivity index (χ0) is 13.6. The van der Waals surface area contributed by atoms with Gasteiger partial charge in [-0.3, -0.25) is 0 Å². The molecule has 2 heterocycles. The van der Waals surface area contributed by atoms with E-state index in [0.717, 1.165) is 25.8 Å². The summed E-state index contributed by atoms with van der Waals surface area (Å²) in [5.74, 6) is 3.45. The van der Waals surface area contributed by atoms with Crippen LogP contribution in [-0.4, -0.2) is 20.8 Å². The Morgan fingerprint density at radius 2 is 2.00 bits per heavy atom. The summed E-state index contributed by atoms with van der Waals surface area (Å²) < 4.78 is 2.39. The lowest BCUT2D eigenvalue weighted by Gasteiger charge is -2.46. The van der Waals surface area contributed by atoms with Gasteiger partial charge in [-0.1, -0.05) is 20.8 Å². The van der Waals surface area contributed by atoms with E-state index in [-0.39, 0.29) is 5.41 Å². The Hall–Kier alpha value is -0.900. The van der Waals surface area contributed by atoms with Crippen LogP contribution in [0.15, 0.2) is 0 Å². The monoisotopic (exact) mass is 262 g/mol. The molecule has 1 fully saturated rings. The molecule has 4 heteroatoms. The molecule has 2 aliphatic rings. The average Bonchev–Trinajstić information content (AvgIpc) is 2.80. The first-order chi connectivity index (χ1) is 9.01. The number of nitrogens with zero attached hydrogens (tertiary/aromatic N) is 3. The summed E-state index contributed by atoms with van der Waals surface area (Å²) in [7, 11) is 0. The molecule has 1 aliphatic heterocycles. The maximum atomic E-state index is 6.26. The van der Waals surface area contributed by atoms with E-state index in [1.807, 2.05) is 0 Å². The summed E-state index contributed by atoms with van der Waals surface area (Å²) >= 11 is 0. The highest BCUT2D eigenvalue weighted by molar-refractivity contribution is 5.12. The van der Waals surface area contributed by atoms with Crippen LogP contribution in [0, 0.1) is 11.3 Å². The van der Waals surface area contributed by atoms with Crippen molar-refractivity contribution < 1.29 is 0 Å². The molecular weight excluding hydrogens is 236 g/mol. The Kier molecular flexibility index (Phi) is 3.16. The Bertz CT molecular complexity index is 463. The van der Waals surface area contributed by atoms with Crippen LogP contribution in [-0.2, 0) is 13.0 Å². The van der Waals surface area contributed by atoms with E-state index in [9.17, 15) is 0 Å². The summed E-state index contributed by atoms with van der Waals surface area (Å²) in [4.78, 5) is 0. The minimum Gasteiger partial charge on any atom is -0.327 e. The molecular formula is C15H26N4. The number of aryl methyl sites for hydroxylation is 1. The van der Waals surface area contributed by atoms with Gasteiger partial charge in [0.1, 0.15) is 11.6 Å². The SMILES string of the molecule is CC1C(N)CCC(c2nnc3n2CCCC3)C1(C)C. The van der Waals surface area contributed by atoms with E-state index in [1.165, 1.54) is 24.5 Å². The van der Waals surface area contributed by atoms with Gasteiger partial charge in [-0.2, -0.15) is 0 Å². The molecule has 0 radical (unpaired) electrons. The topological polar surface area (TPSA) is 56.7 Å². The minimum absolute atomic E-state index is 0.207. The van der Waals surface area contributed by atoms with Gasteiger partial charge in [0.15, 0.2) is 0 Å². The highest BCUT2D eigenvalue weighted by Gasteiger charge is 2.44. The second-order valence-electron chi connectivity index (χ2n) is 6.99. The predicted molar refractivity (Wildman–Crippen MR) is 75.9 cm³/mol. The minimum atomic E-state index is 0.207. The highest BCUT2D eigenvalue weighted by atomic mass is 15.3. The molecule has 0 amide bonds. The lowest BCUT2D eigenvalue weighted by Crippen LogP contribution is -2.46. The number of nitrogens with two attached hydrogens (primary N) is 1. The standard InChI is InChI=1S/C15H26N4/c1-10-12(16)8-7-11(15(10,2)3)14-18-17-13-6-4-5-9-19(13)14/h10-12H,4-9,16H2,1-3H3. The van der Waals surface area contributed by atoms with Gasteiger partial charge in [0.25, 0.3) is 0 Å². The Labute approximate surface area is 115 Å². The highest BCUT2D eigenvalue weighted by Crippen LogP contribution is 2.49. The van der Waals surface area contributed by atoms with Crippen LogP contribution in [0.25, 0.3) is 0 Å². The van der Waals surface area contributed by atoms with Gasteiger partial charge in [-0.25, -0.2) is 0 Å². The third-order valence-corrected chi connectivity index (χ3v) is 5.70. The number of aromatic nitrogens is 3. The first-order valence-electron chi connectivity index (χ1n) is 7.69. The third kappa shape index (κ3) is 2.00. The fraction of sp³-hybridized carbons (Fsp3) is 0.867. The van der Waals surface area contributed by atoms with Crippen molar-refractivity contribution >= 4 is 0 Å². The van der Waals surface area contributed by atoms with Crippen molar-refractivity contribution in [2.75, 3.05) is 0 Å². The number of rotatable bonds is 1. The molecule has 0 aromatic carbocycles. The van der Waals surface area contributed by atoms with Gasteiger partial charge in [0, 0.05) is 24.9 Å². The van der Waals surface area contributed by atoms with Crippen LogP contribution in [0.1, 0.15) is 64.0 Å². The van der Waals surface area contributed by atoms with E-state index in [1.54, 1.807) is 0 Å². The lowest BCUT2D eigenvalue weighted by atomic mass is 9.61. The van der Waals surface area contributed by atoms with Gasteiger partial charge >= 0.3 is 0 Å². The molecule has 0 spiro atoms. The summed E-state index contributed by atoms with van der Waals surface area (Å²) in [5, 5.41) is 8.97. The fourth-order valence-corrected chi connectivity index (χ4v) is 3.90. The van der Waals surface area contributed by atoms with Gasteiger partial charge in [-0.05, 0) is 37.0 Å². The van der Waals surface area contributed by atoms with Crippen LogP contribution in [0.3, 0.4) is 0 Å². The summed E-state index contributed by atoms with van der Waals surface area (Å²) in [5.41, 5.74) is 6.47. The van der Waals surface area contributed by atoms with Crippen molar-refractivity contribution in [3.63, 3.8) is 0 Å². The van der Waals surface area contributed by atoms with Crippen molar-refractivity contribution in [3.8, 4) is 0 Å². The van der Waals surface area contributed by atoms with E-state index in [0.29, 0.717) is 17.9 Å². The third-order valence-electron chi connectivity index (χ3n) is 5.70. The summed E-state index contributed by atoms with van der Waals surface area (Å²) in [6.07, 6.45) is 5.87. The first-order valence-corrected chi connectivity index (χ1v) is 7.69. The normalized spacial score (nSPS) is 34.0. The van der Waals surface area contributed by atoms with E-state index < -0.39 is 0 Å². The molecule has 1 aliphatic carbocycles. The molecule has 0 bridgehead atoms. The predicted octanol–water partition coefficient (Wildman–Crippen LogP) is 2.48. The van der Waals surface area contributed by atoms with Crippen LogP contribution < -0.4 is 5.73 Å². The summed E-state index contributed by atoms with van der Waals surface area (Å²) in [6, 6.07) is 0.329. The molecule has 4 nitrogen and oxygen atoms in total. The van der Waals surface area contributed by atoms with Crippen LogP contribution >= 0.6 is 0 Å². The Morgan fingerprint density at radius 3 is 2.79 bits per heavy atom. The maximum absolute atomic E-state index is 6.26. The van der Waals surface area contributed by atoms with Crippen LogP contribution in [0.5, 0.6) is 0 Å². The van der Waals surface area contributed by atoms with Gasteiger partial charge < -0.3 is 10.3 Å². The van der Waals surface area contributed by atoms with E-state index in [4.69, 9.17) is 5.73 Å². The van der Waals surface area contributed by atoms with Crippen LogP contribution in [0.2, 0.25) is 0 Å². The van der Waals surface area contributed by atoms with Crippen molar-refractivity contribution in [2.24, 2.45) is 17.1 Å². The number of fused-ring (bicyclic) bond motifs is 1. The smallest absolute Gasteiger partial charge is 0.136 e. The Morgan fingerprint density at radius 1 is 1.21 bits per heavy atom. The first kappa shape index (κ1) is 13.1. The molecule has 3 rings (SSSR count). The number of hydrogen-bond donors (Lipinski definition) is 1. The van der Waals surface area contributed by atoms with Crippen molar-refractivity contribution in [1.82, 2.24) is 14.8 Å². The van der Waals surface area contributed by atoms with E-state index in [2.05, 4.69) is 35.5 Å². The Balaban J connectivity index is 1.95. The lowest BCUT2D eigenvalue weighted by molar-refractivity contribution is 0.0922.